The van der Waals surface area contributed by atoms with Crippen LogP contribution in [-0.2, 0) is 6.42 Å². The van der Waals surface area contributed by atoms with Gasteiger partial charge in [-0.1, -0.05) is 18.2 Å². The minimum atomic E-state index is -0.241. The van der Waals surface area contributed by atoms with Crippen molar-refractivity contribution >= 4 is 0 Å². The Labute approximate surface area is 111 Å². The Kier molecular flexibility index (Phi) is 4.43. The van der Waals surface area contributed by atoms with E-state index in [1.54, 1.807) is 37.7 Å². The second-order valence-electron chi connectivity index (χ2n) is 4.13. The van der Waals surface area contributed by atoms with Crippen LogP contribution in [0.2, 0.25) is 0 Å². The maximum Gasteiger partial charge on any atom is 0.141 e. The standard InChI is InChI=1S/C14H16FN3O/c1-19-14-9-17-7-6-11(14)13(18-16)8-10-4-2-3-5-12(10)15/h2-7,9,13,18H,8,16H2,1H3. The Morgan fingerprint density at radius 1 is 1.37 bits per heavy atom. The van der Waals surface area contributed by atoms with Crippen molar-refractivity contribution in [1.29, 1.82) is 0 Å². The smallest absolute Gasteiger partial charge is 0.141 e. The third-order valence-electron chi connectivity index (χ3n) is 2.99. The molecule has 19 heavy (non-hydrogen) atoms. The average molecular weight is 261 g/mol. The third-order valence-corrected chi connectivity index (χ3v) is 2.99. The number of rotatable bonds is 5. The lowest BCUT2D eigenvalue weighted by Crippen LogP contribution is -2.30. The lowest BCUT2D eigenvalue weighted by Gasteiger charge is -2.19. The largest absolute Gasteiger partial charge is 0.495 e. The van der Waals surface area contributed by atoms with Crippen LogP contribution in [0.4, 0.5) is 4.39 Å². The molecule has 100 valence electrons. The second kappa shape index (κ2) is 6.26. The number of aromatic nitrogens is 1. The van der Waals surface area contributed by atoms with E-state index < -0.39 is 0 Å². The monoisotopic (exact) mass is 261 g/mol. The number of hydrogen-bond donors (Lipinski definition) is 2. The molecular formula is C14H16FN3O. The molecule has 4 nitrogen and oxygen atoms in total. The molecule has 1 aromatic carbocycles. The van der Waals surface area contributed by atoms with E-state index in [2.05, 4.69) is 10.4 Å². The summed E-state index contributed by atoms with van der Waals surface area (Å²) in [7, 11) is 1.57. The first kappa shape index (κ1) is 13.5. The summed E-state index contributed by atoms with van der Waals surface area (Å²) in [6.45, 7) is 0. The topological polar surface area (TPSA) is 60.2 Å². The molecule has 0 aliphatic carbocycles. The van der Waals surface area contributed by atoms with Crippen molar-refractivity contribution < 1.29 is 9.13 Å². The van der Waals surface area contributed by atoms with Crippen LogP contribution < -0.4 is 16.0 Å². The average Bonchev–Trinajstić information content (AvgIpc) is 2.46. The fourth-order valence-electron chi connectivity index (χ4n) is 1.99. The maximum atomic E-state index is 13.7. The van der Waals surface area contributed by atoms with Crippen molar-refractivity contribution in [3.63, 3.8) is 0 Å². The number of benzene rings is 1. The van der Waals surface area contributed by atoms with Gasteiger partial charge in [-0.3, -0.25) is 16.3 Å². The van der Waals surface area contributed by atoms with Crippen LogP contribution in [0.25, 0.3) is 0 Å². The Morgan fingerprint density at radius 3 is 2.84 bits per heavy atom. The van der Waals surface area contributed by atoms with Crippen LogP contribution >= 0.6 is 0 Å². The number of nitrogens with zero attached hydrogens (tertiary/aromatic N) is 1. The Bertz CT molecular complexity index is 548. The molecule has 0 aliphatic heterocycles. The number of pyridine rings is 1. The van der Waals surface area contributed by atoms with Crippen molar-refractivity contribution in [2.45, 2.75) is 12.5 Å². The van der Waals surface area contributed by atoms with Crippen LogP contribution in [0.15, 0.2) is 42.7 Å². The molecule has 0 saturated heterocycles. The highest BCUT2D eigenvalue weighted by molar-refractivity contribution is 5.34. The van der Waals surface area contributed by atoms with Gasteiger partial charge in [0.05, 0.1) is 19.3 Å². The SMILES string of the molecule is COc1cnccc1C(Cc1ccccc1F)NN. The Morgan fingerprint density at radius 2 is 2.16 bits per heavy atom. The Balaban J connectivity index is 2.28. The fourth-order valence-corrected chi connectivity index (χ4v) is 1.99. The van der Waals surface area contributed by atoms with Gasteiger partial charge in [-0.15, -0.1) is 0 Å². The predicted molar refractivity (Wildman–Crippen MR) is 71.0 cm³/mol. The van der Waals surface area contributed by atoms with Crippen molar-refractivity contribution in [1.82, 2.24) is 10.4 Å². The first-order valence-electron chi connectivity index (χ1n) is 5.93. The summed E-state index contributed by atoms with van der Waals surface area (Å²) in [5, 5.41) is 0. The first-order valence-corrected chi connectivity index (χ1v) is 5.93. The lowest BCUT2D eigenvalue weighted by atomic mass is 9.99. The fraction of sp³-hybridized carbons (Fsp3) is 0.214. The van der Waals surface area contributed by atoms with Crippen LogP contribution in [0.3, 0.4) is 0 Å². The minimum absolute atomic E-state index is 0.240. The van der Waals surface area contributed by atoms with Crippen molar-refractivity contribution in [3.05, 3.63) is 59.7 Å². The molecule has 0 spiro atoms. The van der Waals surface area contributed by atoms with Gasteiger partial charge in [0.1, 0.15) is 11.6 Å². The summed E-state index contributed by atoms with van der Waals surface area (Å²) < 4.78 is 18.9. The highest BCUT2D eigenvalue weighted by Gasteiger charge is 2.16. The summed E-state index contributed by atoms with van der Waals surface area (Å²) in [6, 6.07) is 8.21. The summed E-state index contributed by atoms with van der Waals surface area (Å²) >= 11 is 0. The van der Waals surface area contributed by atoms with Crippen LogP contribution in [0.1, 0.15) is 17.2 Å². The van der Waals surface area contributed by atoms with Crippen LogP contribution in [0, 0.1) is 5.82 Å². The molecule has 0 saturated carbocycles. The third kappa shape index (κ3) is 3.07. The van der Waals surface area contributed by atoms with Crippen molar-refractivity contribution in [2.24, 2.45) is 5.84 Å². The summed E-state index contributed by atoms with van der Waals surface area (Å²) in [6.07, 6.45) is 3.70. The highest BCUT2D eigenvalue weighted by atomic mass is 19.1. The van der Waals surface area contributed by atoms with Gasteiger partial charge in [-0.2, -0.15) is 0 Å². The molecule has 2 aromatic rings. The summed E-state index contributed by atoms with van der Waals surface area (Å²) in [5.41, 5.74) is 4.15. The van der Waals surface area contributed by atoms with E-state index in [1.807, 2.05) is 6.07 Å². The van der Waals surface area contributed by atoms with E-state index in [0.717, 1.165) is 5.56 Å². The molecule has 5 heteroatoms. The lowest BCUT2D eigenvalue weighted by molar-refractivity contribution is 0.396. The van der Waals surface area contributed by atoms with Gasteiger partial charge < -0.3 is 4.74 Å². The number of methoxy groups -OCH3 is 1. The normalized spacial score (nSPS) is 12.2. The molecule has 1 heterocycles. The van der Waals surface area contributed by atoms with Gasteiger partial charge in [0.25, 0.3) is 0 Å². The first-order chi connectivity index (χ1) is 9.26. The zero-order valence-corrected chi connectivity index (χ0v) is 10.6. The maximum absolute atomic E-state index is 13.7. The zero-order valence-electron chi connectivity index (χ0n) is 10.6. The van der Waals surface area contributed by atoms with Gasteiger partial charge in [0.2, 0.25) is 0 Å². The van der Waals surface area contributed by atoms with Gasteiger partial charge >= 0.3 is 0 Å². The van der Waals surface area contributed by atoms with E-state index >= 15 is 0 Å². The molecule has 0 aliphatic rings. The van der Waals surface area contributed by atoms with Crippen molar-refractivity contribution in [2.75, 3.05) is 7.11 Å². The number of nitrogens with two attached hydrogens (primary N) is 1. The van der Waals surface area contributed by atoms with Gasteiger partial charge in [0, 0.05) is 11.8 Å². The van der Waals surface area contributed by atoms with Gasteiger partial charge in [-0.25, -0.2) is 4.39 Å². The number of nitrogens with one attached hydrogen (secondary N) is 1. The number of ether oxygens (including phenoxy) is 1. The minimum Gasteiger partial charge on any atom is -0.495 e. The highest BCUT2D eigenvalue weighted by Crippen LogP contribution is 2.26. The van der Waals surface area contributed by atoms with E-state index in [4.69, 9.17) is 10.6 Å². The number of halogens is 1. The second-order valence-corrected chi connectivity index (χ2v) is 4.13. The molecule has 0 amide bonds. The molecule has 0 radical (unpaired) electrons. The molecule has 3 N–H and O–H groups in total. The van der Waals surface area contributed by atoms with Crippen LogP contribution in [-0.4, -0.2) is 12.1 Å². The number of hydrogen-bond acceptors (Lipinski definition) is 4. The Hall–Kier alpha value is -1.98. The van der Waals surface area contributed by atoms with E-state index in [9.17, 15) is 4.39 Å². The summed E-state index contributed by atoms with van der Waals surface area (Å²) in [5.74, 6) is 5.96. The molecule has 2 rings (SSSR count). The molecule has 0 bridgehead atoms. The molecule has 1 atom stereocenters. The van der Waals surface area contributed by atoms with E-state index in [-0.39, 0.29) is 11.9 Å². The zero-order chi connectivity index (χ0) is 13.7. The van der Waals surface area contributed by atoms with E-state index in [1.165, 1.54) is 6.07 Å². The predicted octanol–water partition coefficient (Wildman–Crippen LogP) is 1.98. The van der Waals surface area contributed by atoms with Gasteiger partial charge in [-0.05, 0) is 24.1 Å². The van der Waals surface area contributed by atoms with Crippen molar-refractivity contribution in [3.8, 4) is 5.75 Å². The molecule has 0 fully saturated rings. The quantitative estimate of drug-likeness (QED) is 0.638. The summed E-state index contributed by atoms with van der Waals surface area (Å²) in [4.78, 5) is 3.99. The number of hydrazine groups is 1. The van der Waals surface area contributed by atoms with E-state index in [0.29, 0.717) is 17.7 Å². The van der Waals surface area contributed by atoms with Gasteiger partial charge in [0.15, 0.2) is 0 Å². The molecule has 1 unspecified atom stereocenters. The molecule has 1 aromatic heterocycles. The molecular weight excluding hydrogens is 245 g/mol. The van der Waals surface area contributed by atoms with Crippen LogP contribution in [0.5, 0.6) is 5.75 Å².